The van der Waals surface area contributed by atoms with Gasteiger partial charge in [0.1, 0.15) is 17.9 Å². The number of amides is 4. The molecule has 2 fully saturated rings. The van der Waals surface area contributed by atoms with Crippen LogP contribution in [0.4, 0.5) is 9.18 Å². The Morgan fingerprint density at radius 2 is 1.82 bits per heavy atom. The number of benzene rings is 2. The Bertz CT molecular complexity index is 1140. The van der Waals surface area contributed by atoms with Crippen LogP contribution in [0.3, 0.4) is 0 Å². The smallest absolute Gasteiger partial charge is 0.325 e. The fourth-order valence-electron chi connectivity index (χ4n) is 4.84. The summed E-state index contributed by atoms with van der Waals surface area (Å²) in [5.41, 5.74) is 0.0287. The molecule has 8 nitrogen and oxygen atoms in total. The molecule has 2 aromatic rings. The number of carbonyl (C=O) groups excluding carboxylic acids is 3. The maximum absolute atomic E-state index is 13.3. The van der Waals surface area contributed by atoms with Gasteiger partial charge in [-0.3, -0.25) is 14.5 Å². The Balaban J connectivity index is 1.33. The van der Waals surface area contributed by atoms with Gasteiger partial charge in [-0.05, 0) is 55.2 Å². The van der Waals surface area contributed by atoms with Gasteiger partial charge in [0.15, 0.2) is 11.5 Å². The first kappa shape index (κ1) is 22.2. The number of carbonyl (C=O) groups is 3. The van der Waals surface area contributed by atoms with Gasteiger partial charge in [0.25, 0.3) is 5.91 Å². The van der Waals surface area contributed by atoms with Crippen LogP contribution in [-0.4, -0.2) is 53.9 Å². The number of nitrogens with one attached hydrogen (secondary N) is 1. The van der Waals surface area contributed by atoms with Crippen LogP contribution in [-0.2, 0) is 15.1 Å². The van der Waals surface area contributed by atoms with Gasteiger partial charge in [-0.2, -0.15) is 0 Å². The summed E-state index contributed by atoms with van der Waals surface area (Å²) in [5, 5.41) is 2.66. The average molecular weight is 467 g/mol. The maximum atomic E-state index is 13.3. The molecule has 4 amide bonds. The second-order valence-corrected chi connectivity index (χ2v) is 8.96. The van der Waals surface area contributed by atoms with Gasteiger partial charge < -0.3 is 19.7 Å². The highest BCUT2D eigenvalue weighted by Gasteiger charge is 2.50. The molecule has 0 unspecified atom stereocenters. The lowest BCUT2D eigenvalue weighted by Crippen LogP contribution is -2.44. The predicted octanol–water partition coefficient (Wildman–Crippen LogP) is 3.12. The van der Waals surface area contributed by atoms with E-state index in [0.29, 0.717) is 36.8 Å². The Morgan fingerprint density at radius 1 is 1.09 bits per heavy atom. The molecular weight excluding hydrogens is 441 g/mol. The highest BCUT2D eigenvalue weighted by Crippen LogP contribution is 2.38. The van der Waals surface area contributed by atoms with Crippen LogP contribution >= 0.6 is 0 Å². The SMILES string of the molecule is C[C@]1(c2ccc(F)cc2)NC(=O)N(CC(=O)N2CCC[C@H]2c2ccc3c(c2)OCCCO3)C1=O. The first-order valence-corrected chi connectivity index (χ1v) is 11.5. The fourth-order valence-corrected chi connectivity index (χ4v) is 4.84. The van der Waals surface area contributed by atoms with Gasteiger partial charge in [0.05, 0.1) is 19.3 Å². The van der Waals surface area contributed by atoms with Crippen molar-refractivity contribution in [2.24, 2.45) is 0 Å². The predicted molar refractivity (Wildman–Crippen MR) is 120 cm³/mol. The number of likely N-dealkylation sites (tertiary alicyclic amines) is 1. The summed E-state index contributed by atoms with van der Waals surface area (Å²) in [6.07, 6.45) is 2.40. The molecule has 2 saturated heterocycles. The van der Waals surface area contributed by atoms with Crippen molar-refractivity contribution >= 4 is 17.8 Å². The minimum Gasteiger partial charge on any atom is -0.490 e. The summed E-state index contributed by atoms with van der Waals surface area (Å²) in [7, 11) is 0. The van der Waals surface area contributed by atoms with Crippen molar-refractivity contribution in [3.63, 3.8) is 0 Å². The zero-order valence-electron chi connectivity index (χ0n) is 18.9. The third-order valence-electron chi connectivity index (χ3n) is 6.72. The number of imide groups is 1. The standard InChI is InChI=1S/C25H26FN3O5/c1-25(17-6-8-18(26)9-7-17)23(31)29(24(32)27-25)15-22(30)28-11-2-4-19(28)16-5-10-20-21(14-16)34-13-3-12-33-20/h5-10,14,19H,2-4,11-13,15H2,1H3,(H,27,32)/t19-,25+/m0/s1. The molecule has 0 radical (unpaired) electrons. The molecule has 3 aliphatic heterocycles. The van der Waals surface area contributed by atoms with Crippen LogP contribution in [0.15, 0.2) is 42.5 Å². The zero-order chi connectivity index (χ0) is 23.9. The highest BCUT2D eigenvalue weighted by molar-refractivity contribution is 6.09. The van der Waals surface area contributed by atoms with E-state index in [9.17, 15) is 18.8 Å². The van der Waals surface area contributed by atoms with Gasteiger partial charge in [0, 0.05) is 13.0 Å². The van der Waals surface area contributed by atoms with Crippen molar-refractivity contribution in [1.29, 1.82) is 0 Å². The molecule has 0 aliphatic carbocycles. The van der Waals surface area contributed by atoms with Gasteiger partial charge in [-0.1, -0.05) is 18.2 Å². The molecule has 9 heteroatoms. The monoisotopic (exact) mass is 467 g/mol. The van der Waals surface area contributed by atoms with Crippen LogP contribution in [0.1, 0.15) is 43.4 Å². The first-order chi connectivity index (χ1) is 16.4. The third kappa shape index (κ3) is 3.85. The quantitative estimate of drug-likeness (QED) is 0.698. The van der Waals surface area contributed by atoms with E-state index in [1.54, 1.807) is 11.8 Å². The van der Waals surface area contributed by atoms with Crippen molar-refractivity contribution in [2.75, 3.05) is 26.3 Å². The van der Waals surface area contributed by atoms with Crippen LogP contribution < -0.4 is 14.8 Å². The van der Waals surface area contributed by atoms with Gasteiger partial charge >= 0.3 is 6.03 Å². The largest absolute Gasteiger partial charge is 0.490 e. The number of nitrogens with zero attached hydrogens (tertiary/aromatic N) is 2. The molecule has 0 spiro atoms. The minimum atomic E-state index is -1.36. The number of hydrogen-bond donors (Lipinski definition) is 1. The zero-order valence-corrected chi connectivity index (χ0v) is 18.9. The Hall–Kier alpha value is -3.62. The number of ether oxygens (including phenoxy) is 2. The van der Waals surface area contributed by atoms with Crippen LogP contribution in [0.5, 0.6) is 11.5 Å². The molecule has 34 heavy (non-hydrogen) atoms. The summed E-state index contributed by atoms with van der Waals surface area (Å²) in [5.74, 6) is 0.0752. The normalized spacial score (nSPS) is 24.2. The van der Waals surface area contributed by atoms with Gasteiger partial charge in [-0.15, -0.1) is 0 Å². The lowest BCUT2D eigenvalue weighted by molar-refractivity contribution is -0.139. The first-order valence-electron chi connectivity index (χ1n) is 11.5. The molecule has 3 aliphatic rings. The van der Waals surface area contributed by atoms with Crippen molar-refractivity contribution in [1.82, 2.24) is 15.1 Å². The van der Waals surface area contributed by atoms with Crippen molar-refractivity contribution in [2.45, 2.75) is 37.8 Å². The van der Waals surface area contributed by atoms with Crippen LogP contribution in [0.25, 0.3) is 0 Å². The summed E-state index contributed by atoms with van der Waals surface area (Å²) in [6.45, 7) is 2.91. The molecule has 3 heterocycles. The molecule has 1 N–H and O–H groups in total. The summed E-state index contributed by atoms with van der Waals surface area (Å²) in [4.78, 5) is 41.7. The van der Waals surface area contributed by atoms with E-state index in [1.807, 2.05) is 18.2 Å². The molecule has 0 saturated carbocycles. The summed E-state index contributed by atoms with van der Waals surface area (Å²) >= 11 is 0. The highest BCUT2D eigenvalue weighted by atomic mass is 19.1. The van der Waals surface area contributed by atoms with Crippen molar-refractivity contribution in [3.8, 4) is 11.5 Å². The molecule has 0 bridgehead atoms. The molecular formula is C25H26FN3O5. The Kier molecular flexibility index (Phi) is 5.63. The van der Waals surface area contributed by atoms with E-state index in [0.717, 1.165) is 29.7 Å². The van der Waals surface area contributed by atoms with Gasteiger partial charge in [0.2, 0.25) is 5.91 Å². The van der Waals surface area contributed by atoms with Crippen LogP contribution in [0.2, 0.25) is 0 Å². The van der Waals surface area contributed by atoms with E-state index < -0.39 is 23.3 Å². The maximum Gasteiger partial charge on any atom is 0.325 e. The number of fused-ring (bicyclic) bond motifs is 1. The molecule has 2 atom stereocenters. The topological polar surface area (TPSA) is 88.2 Å². The molecule has 2 aromatic carbocycles. The average Bonchev–Trinajstić information content (AvgIpc) is 3.30. The summed E-state index contributed by atoms with van der Waals surface area (Å²) in [6, 6.07) is 10.3. The second-order valence-electron chi connectivity index (χ2n) is 8.96. The number of hydrogen-bond acceptors (Lipinski definition) is 5. The fraction of sp³-hybridized carbons (Fsp3) is 0.400. The van der Waals surface area contributed by atoms with E-state index in [1.165, 1.54) is 24.3 Å². The van der Waals surface area contributed by atoms with Crippen molar-refractivity contribution < 1.29 is 28.2 Å². The van der Waals surface area contributed by atoms with E-state index in [-0.39, 0.29) is 18.5 Å². The lowest BCUT2D eigenvalue weighted by atomic mass is 9.92. The lowest BCUT2D eigenvalue weighted by Gasteiger charge is -2.27. The van der Waals surface area contributed by atoms with Crippen LogP contribution in [0, 0.1) is 5.82 Å². The molecule has 5 rings (SSSR count). The molecule has 0 aromatic heterocycles. The number of rotatable bonds is 4. The van der Waals surface area contributed by atoms with E-state index >= 15 is 0 Å². The van der Waals surface area contributed by atoms with Gasteiger partial charge in [-0.25, -0.2) is 9.18 Å². The Labute approximate surface area is 196 Å². The van der Waals surface area contributed by atoms with Crippen molar-refractivity contribution in [3.05, 3.63) is 59.4 Å². The second kappa shape index (κ2) is 8.62. The molecule has 178 valence electrons. The number of urea groups is 1. The minimum absolute atomic E-state index is 0.172. The Morgan fingerprint density at radius 3 is 2.59 bits per heavy atom. The van der Waals surface area contributed by atoms with E-state index in [4.69, 9.17) is 9.47 Å². The summed E-state index contributed by atoms with van der Waals surface area (Å²) < 4.78 is 24.8. The number of halogens is 1. The third-order valence-corrected chi connectivity index (χ3v) is 6.72. The van der Waals surface area contributed by atoms with E-state index in [2.05, 4.69) is 5.32 Å².